The summed E-state index contributed by atoms with van der Waals surface area (Å²) in [6, 6.07) is 0. The molecule has 0 saturated heterocycles. The molecule has 0 unspecified atom stereocenters. The van der Waals surface area contributed by atoms with Crippen molar-refractivity contribution >= 4 is 17.7 Å². The Morgan fingerprint density at radius 1 is 1.65 bits per heavy atom. The van der Waals surface area contributed by atoms with Gasteiger partial charge in [-0.15, -0.1) is 11.7 Å². The van der Waals surface area contributed by atoms with Crippen LogP contribution in [0.15, 0.2) is 12.7 Å². The average Bonchev–Trinajstić information content (AvgIpc) is 2.78. The largest absolute Gasteiger partial charge is 0.348 e. The molecule has 0 aliphatic heterocycles. The van der Waals surface area contributed by atoms with Crippen LogP contribution in [0.1, 0.15) is 29.8 Å². The van der Waals surface area contributed by atoms with Crippen molar-refractivity contribution in [2.75, 3.05) is 18.1 Å². The molecule has 1 rings (SSSR count). The molecule has 0 spiro atoms. The second-order valence-electron chi connectivity index (χ2n) is 3.48. The van der Waals surface area contributed by atoms with E-state index in [9.17, 15) is 4.79 Å². The van der Waals surface area contributed by atoms with E-state index in [-0.39, 0.29) is 11.7 Å². The lowest BCUT2D eigenvalue weighted by Crippen LogP contribution is -2.26. The van der Waals surface area contributed by atoms with Gasteiger partial charge in [-0.25, -0.2) is 4.98 Å². The number of thioether (sulfide) groups is 1. The molecule has 0 fully saturated rings. The van der Waals surface area contributed by atoms with Crippen LogP contribution in [0.3, 0.4) is 0 Å². The first-order valence-electron chi connectivity index (χ1n) is 5.66. The number of H-pyrrole nitrogens is 1. The van der Waals surface area contributed by atoms with Gasteiger partial charge in [-0.05, 0) is 6.42 Å². The molecule has 2 N–H and O–H groups in total. The maximum atomic E-state index is 11.6. The number of aryl methyl sites for hydroxylation is 1. The first-order chi connectivity index (χ1) is 8.27. The van der Waals surface area contributed by atoms with Crippen LogP contribution < -0.4 is 5.32 Å². The quantitative estimate of drug-likeness (QED) is 0.543. The zero-order valence-electron chi connectivity index (χ0n) is 10.0. The predicted octanol–water partition coefficient (Wildman–Crippen LogP) is 1.41. The van der Waals surface area contributed by atoms with Crippen molar-refractivity contribution in [2.45, 2.75) is 19.8 Å². The molecular formula is C11H18N4OS. The molecule has 94 valence electrons. The molecule has 1 aromatic heterocycles. The van der Waals surface area contributed by atoms with Crippen molar-refractivity contribution in [2.24, 2.45) is 0 Å². The third-order valence-corrected chi connectivity index (χ3v) is 2.95. The fourth-order valence-corrected chi connectivity index (χ4v) is 1.81. The summed E-state index contributed by atoms with van der Waals surface area (Å²) in [5.41, 5.74) is 0. The second kappa shape index (κ2) is 7.89. The predicted molar refractivity (Wildman–Crippen MR) is 70.2 cm³/mol. The number of hydrogen-bond acceptors (Lipinski definition) is 4. The van der Waals surface area contributed by atoms with Gasteiger partial charge in [0.15, 0.2) is 0 Å². The van der Waals surface area contributed by atoms with Crippen LogP contribution >= 0.6 is 11.8 Å². The fraction of sp³-hybridized carbons (Fsp3) is 0.545. The Morgan fingerprint density at radius 2 is 2.47 bits per heavy atom. The van der Waals surface area contributed by atoms with Gasteiger partial charge in [-0.2, -0.15) is 11.8 Å². The maximum absolute atomic E-state index is 11.6. The number of nitrogens with zero attached hydrogens (tertiary/aromatic N) is 2. The van der Waals surface area contributed by atoms with Gasteiger partial charge in [-0.3, -0.25) is 9.89 Å². The van der Waals surface area contributed by atoms with Crippen molar-refractivity contribution in [3.63, 3.8) is 0 Å². The van der Waals surface area contributed by atoms with E-state index in [2.05, 4.69) is 34.0 Å². The molecule has 0 aliphatic rings. The Morgan fingerprint density at radius 3 is 3.18 bits per heavy atom. The van der Waals surface area contributed by atoms with E-state index >= 15 is 0 Å². The van der Waals surface area contributed by atoms with Gasteiger partial charge in [0.1, 0.15) is 5.82 Å². The lowest BCUT2D eigenvalue weighted by molar-refractivity contribution is 0.0946. The standard InChI is InChI=1S/C11H18N4OS/c1-3-5-9-13-10(15-14-9)11(16)12-6-8-17-7-4-2/h4H,2-3,5-8H2,1H3,(H,12,16)(H,13,14,15). The highest BCUT2D eigenvalue weighted by Crippen LogP contribution is 1.99. The molecule has 1 aromatic rings. The highest BCUT2D eigenvalue weighted by molar-refractivity contribution is 7.99. The smallest absolute Gasteiger partial charge is 0.290 e. The minimum absolute atomic E-state index is 0.220. The number of aromatic amines is 1. The van der Waals surface area contributed by atoms with Crippen LogP contribution in [-0.4, -0.2) is 39.1 Å². The van der Waals surface area contributed by atoms with Gasteiger partial charge >= 0.3 is 0 Å². The number of nitrogens with one attached hydrogen (secondary N) is 2. The number of hydrogen-bond donors (Lipinski definition) is 2. The van der Waals surface area contributed by atoms with Crippen LogP contribution in [-0.2, 0) is 6.42 Å². The molecule has 6 heteroatoms. The molecule has 1 heterocycles. The van der Waals surface area contributed by atoms with E-state index < -0.39 is 0 Å². The Hall–Kier alpha value is -1.30. The molecule has 1 amide bonds. The maximum Gasteiger partial charge on any atom is 0.290 e. The molecule has 0 saturated carbocycles. The molecular weight excluding hydrogens is 236 g/mol. The third kappa shape index (κ3) is 5.04. The van der Waals surface area contributed by atoms with E-state index in [1.807, 2.05) is 6.08 Å². The molecule has 5 nitrogen and oxygen atoms in total. The summed E-state index contributed by atoms with van der Waals surface area (Å²) < 4.78 is 0. The number of rotatable bonds is 8. The summed E-state index contributed by atoms with van der Waals surface area (Å²) in [4.78, 5) is 15.7. The highest BCUT2D eigenvalue weighted by Gasteiger charge is 2.10. The Kier molecular flexibility index (Phi) is 6.39. The van der Waals surface area contributed by atoms with Gasteiger partial charge in [0, 0.05) is 24.5 Å². The van der Waals surface area contributed by atoms with Crippen molar-refractivity contribution in [3.8, 4) is 0 Å². The topological polar surface area (TPSA) is 70.7 Å². The molecule has 0 aromatic carbocycles. The van der Waals surface area contributed by atoms with Gasteiger partial charge in [0.25, 0.3) is 5.91 Å². The fourth-order valence-electron chi connectivity index (χ4n) is 1.23. The van der Waals surface area contributed by atoms with Gasteiger partial charge in [-0.1, -0.05) is 13.0 Å². The van der Waals surface area contributed by atoms with E-state index in [0.29, 0.717) is 6.54 Å². The molecule has 17 heavy (non-hydrogen) atoms. The third-order valence-electron chi connectivity index (χ3n) is 1.99. The van der Waals surface area contributed by atoms with E-state index in [0.717, 1.165) is 30.2 Å². The number of carbonyl (C=O) groups is 1. The van der Waals surface area contributed by atoms with Gasteiger partial charge in [0.2, 0.25) is 5.82 Å². The first-order valence-corrected chi connectivity index (χ1v) is 6.81. The van der Waals surface area contributed by atoms with E-state index in [1.54, 1.807) is 11.8 Å². The summed E-state index contributed by atoms with van der Waals surface area (Å²) in [5, 5.41) is 9.41. The summed E-state index contributed by atoms with van der Waals surface area (Å²) in [5.74, 6) is 2.53. The number of aromatic nitrogens is 3. The summed E-state index contributed by atoms with van der Waals surface area (Å²) in [6.07, 6.45) is 3.64. The molecule has 0 radical (unpaired) electrons. The number of amides is 1. The molecule has 0 aliphatic carbocycles. The Bertz CT molecular complexity index is 364. The zero-order chi connectivity index (χ0) is 12.5. The van der Waals surface area contributed by atoms with Crippen LogP contribution in [0.4, 0.5) is 0 Å². The monoisotopic (exact) mass is 254 g/mol. The Labute approximate surface area is 105 Å². The highest BCUT2D eigenvalue weighted by atomic mass is 32.2. The number of carbonyl (C=O) groups excluding carboxylic acids is 1. The van der Waals surface area contributed by atoms with Crippen molar-refractivity contribution in [1.82, 2.24) is 20.5 Å². The normalized spacial score (nSPS) is 10.2. The van der Waals surface area contributed by atoms with Gasteiger partial charge < -0.3 is 5.32 Å². The van der Waals surface area contributed by atoms with Crippen LogP contribution in [0.2, 0.25) is 0 Å². The van der Waals surface area contributed by atoms with Crippen LogP contribution in [0.5, 0.6) is 0 Å². The van der Waals surface area contributed by atoms with E-state index in [4.69, 9.17) is 0 Å². The minimum atomic E-state index is -0.220. The minimum Gasteiger partial charge on any atom is -0.348 e. The van der Waals surface area contributed by atoms with E-state index in [1.165, 1.54) is 0 Å². The SMILES string of the molecule is C=CCSCCNC(=O)c1n[nH]c(CCC)n1. The summed E-state index contributed by atoms with van der Waals surface area (Å²) in [6.45, 7) is 6.30. The van der Waals surface area contributed by atoms with Crippen LogP contribution in [0.25, 0.3) is 0 Å². The zero-order valence-corrected chi connectivity index (χ0v) is 10.8. The molecule has 0 bridgehead atoms. The van der Waals surface area contributed by atoms with Crippen molar-refractivity contribution < 1.29 is 4.79 Å². The van der Waals surface area contributed by atoms with Gasteiger partial charge in [0.05, 0.1) is 0 Å². The summed E-state index contributed by atoms with van der Waals surface area (Å²) >= 11 is 1.72. The second-order valence-corrected chi connectivity index (χ2v) is 4.63. The first kappa shape index (κ1) is 13.8. The Balaban J connectivity index is 2.28. The molecule has 0 atom stereocenters. The lowest BCUT2D eigenvalue weighted by atomic mass is 10.3. The summed E-state index contributed by atoms with van der Waals surface area (Å²) in [7, 11) is 0. The van der Waals surface area contributed by atoms with Crippen LogP contribution in [0, 0.1) is 0 Å². The van der Waals surface area contributed by atoms with Crippen molar-refractivity contribution in [3.05, 3.63) is 24.3 Å². The lowest BCUT2D eigenvalue weighted by Gasteiger charge is -2.00. The van der Waals surface area contributed by atoms with Crippen molar-refractivity contribution in [1.29, 1.82) is 0 Å². The average molecular weight is 254 g/mol.